The van der Waals surface area contributed by atoms with Crippen molar-refractivity contribution in [2.24, 2.45) is 0 Å². The Labute approximate surface area is 162 Å². The SMILES string of the molecule is Cc1cc(C)c(Nc2nc(Nc3ccc(C#N)cc3)ncc2[N+](=O)[O-])c(C)c1. The summed E-state index contributed by atoms with van der Waals surface area (Å²) in [5, 5.41) is 26.4. The predicted octanol–water partition coefficient (Wildman–Crippen LogP) is 4.67. The van der Waals surface area contributed by atoms with Crippen molar-refractivity contribution in [1.29, 1.82) is 5.26 Å². The van der Waals surface area contributed by atoms with Crippen LogP contribution in [0.25, 0.3) is 0 Å². The van der Waals surface area contributed by atoms with Crippen LogP contribution in [-0.2, 0) is 0 Å². The summed E-state index contributed by atoms with van der Waals surface area (Å²) in [5.41, 5.74) is 4.80. The molecule has 0 unspecified atom stereocenters. The molecule has 0 radical (unpaired) electrons. The maximum Gasteiger partial charge on any atom is 0.329 e. The normalized spacial score (nSPS) is 10.2. The average Bonchev–Trinajstić information content (AvgIpc) is 2.65. The highest BCUT2D eigenvalue weighted by atomic mass is 16.6. The molecule has 2 aromatic carbocycles. The number of aryl methyl sites for hydroxylation is 3. The average molecular weight is 374 g/mol. The van der Waals surface area contributed by atoms with E-state index in [-0.39, 0.29) is 17.5 Å². The number of nitrogens with one attached hydrogen (secondary N) is 2. The van der Waals surface area contributed by atoms with E-state index in [4.69, 9.17) is 5.26 Å². The Balaban J connectivity index is 1.96. The molecule has 0 saturated heterocycles. The number of aromatic nitrogens is 2. The van der Waals surface area contributed by atoms with E-state index in [2.05, 4.69) is 20.6 Å². The van der Waals surface area contributed by atoms with Crippen LogP contribution in [0.15, 0.2) is 42.6 Å². The van der Waals surface area contributed by atoms with Crippen LogP contribution in [0, 0.1) is 42.2 Å². The molecule has 140 valence electrons. The van der Waals surface area contributed by atoms with Crippen molar-refractivity contribution in [2.45, 2.75) is 20.8 Å². The number of nitrogens with zero attached hydrogens (tertiary/aromatic N) is 4. The summed E-state index contributed by atoms with van der Waals surface area (Å²) in [4.78, 5) is 19.2. The number of rotatable bonds is 5. The van der Waals surface area contributed by atoms with E-state index in [1.165, 1.54) is 6.20 Å². The molecule has 0 aliphatic rings. The number of nitro groups is 1. The Kier molecular flexibility index (Phi) is 5.18. The first-order chi connectivity index (χ1) is 13.4. The van der Waals surface area contributed by atoms with Crippen LogP contribution in [0.2, 0.25) is 0 Å². The van der Waals surface area contributed by atoms with Crippen LogP contribution in [0.1, 0.15) is 22.3 Å². The molecule has 0 fully saturated rings. The van der Waals surface area contributed by atoms with Crippen molar-refractivity contribution in [3.05, 3.63) is 75.0 Å². The van der Waals surface area contributed by atoms with E-state index in [9.17, 15) is 10.1 Å². The first-order valence-electron chi connectivity index (χ1n) is 8.51. The standard InChI is InChI=1S/C20H18N6O2/c1-12-8-13(2)18(14(3)9-12)24-19-17(26(27)28)11-22-20(25-19)23-16-6-4-15(10-21)5-7-16/h4-9,11H,1-3H3,(H2,22,23,24,25). The van der Waals surface area contributed by atoms with Gasteiger partial charge >= 0.3 is 5.69 Å². The molecule has 8 heteroatoms. The van der Waals surface area contributed by atoms with Crippen LogP contribution >= 0.6 is 0 Å². The van der Waals surface area contributed by atoms with E-state index >= 15 is 0 Å². The van der Waals surface area contributed by atoms with Gasteiger partial charge in [-0.15, -0.1) is 0 Å². The first-order valence-corrected chi connectivity index (χ1v) is 8.51. The summed E-state index contributed by atoms with van der Waals surface area (Å²) < 4.78 is 0. The molecule has 28 heavy (non-hydrogen) atoms. The molecule has 3 rings (SSSR count). The number of hydrogen-bond donors (Lipinski definition) is 2. The van der Waals surface area contributed by atoms with Crippen molar-refractivity contribution >= 4 is 28.8 Å². The van der Waals surface area contributed by atoms with Gasteiger partial charge in [-0.3, -0.25) is 10.1 Å². The fraction of sp³-hybridized carbons (Fsp3) is 0.150. The molecule has 0 spiro atoms. The lowest BCUT2D eigenvalue weighted by molar-refractivity contribution is -0.384. The van der Waals surface area contributed by atoms with Crippen LogP contribution < -0.4 is 10.6 Å². The van der Waals surface area contributed by atoms with Crippen LogP contribution in [0.4, 0.5) is 28.8 Å². The highest BCUT2D eigenvalue weighted by Crippen LogP contribution is 2.30. The third kappa shape index (κ3) is 4.04. The van der Waals surface area contributed by atoms with Crippen molar-refractivity contribution in [3.63, 3.8) is 0 Å². The van der Waals surface area contributed by atoms with E-state index in [0.29, 0.717) is 11.3 Å². The molecule has 3 aromatic rings. The van der Waals surface area contributed by atoms with Gasteiger partial charge in [-0.2, -0.15) is 10.2 Å². The van der Waals surface area contributed by atoms with E-state index in [1.54, 1.807) is 24.3 Å². The maximum absolute atomic E-state index is 11.4. The number of benzene rings is 2. The summed E-state index contributed by atoms with van der Waals surface area (Å²) in [7, 11) is 0. The zero-order valence-electron chi connectivity index (χ0n) is 15.6. The monoisotopic (exact) mass is 374 g/mol. The Morgan fingerprint density at radius 2 is 1.71 bits per heavy atom. The maximum atomic E-state index is 11.4. The molecule has 8 nitrogen and oxygen atoms in total. The molecular formula is C20H18N6O2. The number of hydrogen-bond acceptors (Lipinski definition) is 7. The molecule has 2 N–H and O–H groups in total. The van der Waals surface area contributed by atoms with Gasteiger partial charge in [0.25, 0.3) is 0 Å². The fourth-order valence-corrected chi connectivity index (χ4v) is 2.91. The lowest BCUT2D eigenvalue weighted by Crippen LogP contribution is -2.06. The van der Waals surface area contributed by atoms with Gasteiger partial charge in [0.1, 0.15) is 6.20 Å². The minimum Gasteiger partial charge on any atom is -0.334 e. The minimum absolute atomic E-state index is 0.103. The van der Waals surface area contributed by atoms with Gasteiger partial charge in [-0.25, -0.2) is 4.98 Å². The lowest BCUT2D eigenvalue weighted by atomic mass is 10.1. The first kappa shape index (κ1) is 18.8. The van der Waals surface area contributed by atoms with Crippen LogP contribution in [0.3, 0.4) is 0 Å². The van der Waals surface area contributed by atoms with Crippen molar-refractivity contribution < 1.29 is 4.92 Å². The second kappa shape index (κ2) is 7.72. The van der Waals surface area contributed by atoms with Gasteiger partial charge < -0.3 is 10.6 Å². The van der Waals surface area contributed by atoms with Crippen molar-refractivity contribution in [3.8, 4) is 6.07 Å². The summed E-state index contributed by atoms with van der Waals surface area (Å²) >= 11 is 0. The van der Waals surface area contributed by atoms with Crippen molar-refractivity contribution in [1.82, 2.24) is 9.97 Å². The molecule has 0 aliphatic heterocycles. The third-order valence-corrected chi connectivity index (χ3v) is 4.16. The van der Waals surface area contributed by atoms with E-state index < -0.39 is 4.92 Å². The zero-order valence-corrected chi connectivity index (χ0v) is 15.6. The Hall–Kier alpha value is -3.99. The van der Waals surface area contributed by atoms with E-state index in [1.807, 2.05) is 39.0 Å². The molecule has 0 bridgehead atoms. The summed E-state index contributed by atoms with van der Waals surface area (Å²) in [6.45, 7) is 5.87. The summed E-state index contributed by atoms with van der Waals surface area (Å²) in [6, 6.07) is 12.8. The van der Waals surface area contributed by atoms with E-state index in [0.717, 1.165) is 22.4 Å². The smallest absolute Gasteiger partial charge is 0.329 e. The largest absolute Gasteiger partial charge is 0.334 e. The van der Waals surface area contributed by atoms with Gasteiger partial charge in [0.2, 0.25) is 11.8 Å². The van der Waals surface area contributed by atoms with Gasteiger partial charge in [-0.1, -0.05) is 17.7 Å². The highest BCUT2D eigenvalue weighted by Gasteiger charge is 2.19. The predicted molar refractivity (Wildman–Crippen MR) is 107 cm³/mol. The highest BCUT2D eigenvalue weighted by molar-refractivity contribution is 5.71. The number of nitriles is 1. The lowest BCUT2D eigenvalue weighted by Gasteiger charge is -2.14. The van der Waals surface area contributed by atoms with Gasteiger partial charge in [0.15, 0.2) is 0 Å². The Morgan fingerprint density at radius 1 is 1.07 bits per heavy atom. The Morgan fingerprint density at radius 3 is 2.29 bits per heavy atom. The second-order valence-corrected chi connectivity index (χ2v) is 6.40. The topological polar surface area (TPSA) is 117 Å². The molecule has 1 heterocycles. The van der Waals surface area contributed by atoms with Crippen LogP contribution in [0.5, 0.6) is 0 Å². The fourth-order valence-electron chi connectivity index (χ4n) is 2.91. The quantitative estimate of drug-likeness (QED) is 0.492. The molecule has 1 aromatic heterocycles. The summed E-state index contributed by atoms with van der Waals surface area (Å²) in [6.07, 6.45) is 1.17. The summed E-state index contributed by atoms with van der Waals surface area (Å²) in [5.74, 6) is 0.312. The molecule has 0 aliphatic carbocycles. The van der Waals surface area contributed by atoms with Gasteiger partial charge in [0.05, 0.1) is 16.6 Å². The van der Waals surface area contributed by atoms with Crippen molar-refractivity contribution in [2.75, 3.05) is 10.6 Å². The molecule has 0 atom stereocenters. The van der Waals surface area contributed by atoms with Gasteiger partial charge in [0, 0.05) is 11.4 Å². The second-order valence-electron chi connectivity index (χ2n) is 6.40. The molecular weight excluding hydrogens is 356 g/mol. The molecule has 0 saturated carbocycles. The van der Waals surface area contributed by atoms with Gasteiger partial charge in [-0.05, 0) is 56.2 Å². The molecule has 0 amide bonds. The zero-order chi connectivity index (χ0) is 20.3. The van der Waals surface area contributed by atoms with Crippen LogP contribution in [-0.4, -0.2) is 14.9 Å². The minimum atomic E-state index is -0.521. The third-order valence-electron chi connectivity index (χ3n) is 4.16. The Bertz CT molecular complexity index is 1060. The number of anilines is 4.